The second kappa shape index (κ2) is 9.62. The molecule has 1 fully saturated rings. The highest BCUT2D eigenvalue weighted by Gasteiger charge is 2.31. The van der Waals surface area contributed by atoms with Crippen LogP contribution in [0, 0.1) is 6.92 Å². The molecule has 0 atom stereocenters. The molecule has 0 saturated carbocycles. The van der Waals surface area contributed by atoms with Crippen LogP contribution in [0.1, 0.15) is 27.6 Å². The molecule has 0 N–H and O–H groups in total. The summed E-state index contributed by atoms with van der Waals surface area (Å²) in [5.41, 5.74) is 1.47. The number of aryl methyl sites for hydroxylation is 1. The standard InChI is InChI=1S/C26H23F3N4O3/c1-17-5-2-3-8-20(17)24-30-23(36-31-24)16-32-11-13-33(14-12-32)25(34)22-10-9-21(35-22)18-6-4-7-19(15-18)26(27,28)29/h2-10,15H,11-14,16H2,1H3. The third-order valence-corrected chi connectivity index (χ3v) is 6.16. The van der Waals surface area contributed by atoms with Crippen molar-refractivity contribution in [2.75, 3.05) is 26.2 Å². The number of halogens is 3. The molecule has 7 nitrogen and oxygen atoms in total. The molecule has 1 saturated heterocycles. The summed E-state index contributed by atoms with van der Waals surface area (Å²) in [7, 11) is 0. The number of benzene rings is 2. The summed E-state index contributed by atoms with van der Waals surface area (Å²) in [4.78, 5) is 21.2. The van der Waals surface area contributed by atoms with Crippen molar-refractivity contribution in [3.63, 3.8) is 0 Å². The average Bonchev–Trinajstić information content (AvgIpc) is 3.54. The van der Waals surface area contributed by atoms with Gasteiger partial charge in [0.05, 0.1) is 12.1 Å². The molecular weight excluding hydrogens is 473 g/mol. The Kier molecular flexibility index (Phi) is 6.36. The number of rotatable bonds is 5. The lowest BCUT2D eigenvalue weighted by Crippen LogP contribution is -2.48. The molecule has 1 aliphatic heterocycles. The van der Waals surface area contributed by atoms with E-state index in [0.717, 1.165) is 23.3 Å². The van der Waals surface area contributed by atoms with Gasteiger partial charge in [0.1, 0.15) is 5.76 Å². The van der Waals surface area contributed by atoms with E-state index in [2.05, 4.69) is 15.0 Å². The second-order valence-electron chi connectivity index (χ2n) is 8.64. The number of furan rings is 1. The van der Waals surface area contributed by atoms with Gasteiger partial charge in [-0.25, -0.2) is 0 Å². The van der Waals surface area contributed by atoms with E-state index in [0.29, 0.717) is 44.4 Å². The van der Waals surface area contributed by atoms with Gasteiger partial charge in [0.25, 0.3) is 5.91 Å². The van der Waals surface area contributed by atoms with Crippen molar-refractivity contribution >= 4 is 5.91 Å². The Hall–Kier alpha value is -3.92. The van der Waals surface area contributed by atoms with Gasteiger partial charge in [-0.05, 0) is 36.8 Å². The highest BCUT2D eigenvalue weighted by Crippen LogP contribution is 2.33. The monoisotopic (exact) mass is 496 g/mol. The number of hydrogen-bond donors (Lipinski definition) is 0. The zero-order valence-electron chi connectivity index (χ0n) is 19.5. The fourth-order valence-electron chi connectivity index (χ4n) is 4.17. The molecule has 5 rings (SSSR count). The van der Waals surface area contributed by atoms with E-state index < -0.39 is 11.7 Å². The smallest absolute Gasteiger partial charge is 0.416 e. The van der Waals surface area contributed by atoms with Crippen molar-refractivity contribution in [3.05, 3.63) is 83.4 Å². The molecule has 0 spiro atoms. The van der Waals surface area contributed by atoms with E-state index in [-0.39, 0.29) is 23.0 Å². The fourth-order valence-corrected chi connectivity index (χ4v) is 4.17. The number of nitrogens with zero attached hydrogens (tertiary/aromatic N) is 4. The van der Waals surface area contributed by atoms with Gasteiger partial charge in [0.15, 0.2) is 5.76 Å². The van der Waals surface area contributed by atoms with E-state index in [1.165, 1.54) is 24.3 Å². The number of alkyl halides is 3. The molecule has 1 aliphatic rings. The van der Waals surface area contributed by atoms with Crippen LogP contribution in [0.4, 0.5) is 13.2 Å². The van der Waals surface area contributed by atoms with Gasteiger partial charge in [-0.15, -0.1) is 0 Å². The van der Waals surface area contributed by atoms with Gasteiger partial charge < -0.3 is 13.8 Å². The van der Waals surface area contributed by atoms with Gasteiger partial charge in [0.2, 0.25) is 11.7 Å². The Balaban J connectivity index is 1.19. The van der Waals surface area contributed by atoms with Gasteiger partial charge in [0, 0.05) is 37.3 Å². The molecule has 0 aliphatic carbocycles. The van der Waals surface area contributed by atoms with Crippen molar-refractivity contribution in [1.29, 1.82) is 0 Å². The van der Waals surface area contributed by atoms with Crippen LogP contribution in [-0.4, -0.2) is 52.0 Å². The van der Waals surface area contributed by atoms with E-state index >= 15 is 0 Å². The Labute approximate surface area is 205 Å². The Morgan fingerprint density at radius 2 is 1.78 bits per heavy atom. The first-order chi connectivity index (χ1) is 17.3. The second-order valence-corrected chi connectivity index (χ2v) is 8.64. The molecule has 1 amide bonds. The molecule has 10 heteroatoms. The van der Waals surface area contributed by atoms with E-state index in [4.69, 9.17) is 8.94 Å². The predicted octanol–water partition coefficient (Wildman–Crippen LogP) is 5.28. The Morgan fingerprint density at radius 3 is 2.53 bits per heavy atom. The van der Waals surface area contributed by atoms with E-state index in [1.54, 1.807) is 4.90 Å². The minimum Gasteiger partial charge on any atom is -0.451 e. The maximum Gasteiger partial charge on any atom is 0.416 e. The molecule has 0 bridgehead atoms. The van der Waals surface area contributed by atoms with Crippen LogP contribution in [0.3, 0.4) is 0 Å². The van der Waals surface area contributed by atoms with Crippen molar-refractivity contribution in [2.24, 2.45) is 0 Å². The summed E-state index contributed by atoms with van der Waals surface area (Å²) in [5, 5.41) is 4.09. The number of amides is 1. The first-order valence-corrected chi connectivity index (χ1v) is 11.5. The van der Waals surface area contributed by atoms with Gasteiger partial charge >= 0.3 is 6.18 Å². The van der Waals surface area contributed by atoms with Crippen LogP contribution in [-0.2, 0) is 12.7 Å². The third-order valence-electron chi connectivity index (χ3n) is 6.16. The third kappa shape index (κ3) is 5.03. The molecule has 2 aromatic heterocycles. The zero-order chi connectivity index (χ0) is 25.3. The molecule has 2 aromatic carbocycles. The largest absolute Gasteiger partial charge is 0.451 e. The number of carbonyl (C=O) groups is 1. The summed E-state index contributed by atoms with van der Waals surface area (Å²) >= 11 is 0. The quantitative estimate of drug-likeness (QED) is 0.374. The Bertz CT molecular complexity index is 1370. The van der Waals surface area contributed by atoms with Crippen LogP contribution >= 0.6 is 0 Å². The lowest BCUT2D eigenvalue weighted by atomic mass is 10.1. The number of carbonyl (C=O) groups excluding carboxylic acids is 1. The van der Waals surface area contributed by atoms with Gasteiger partial charge in [-0.1, -0.05) is 41.6 Å². The van der Waals surface area contributed by atoms with Crippen LogP contribution in [0.25, 0.3) is 22.7 Å². The summed E-state index contributed by atoms with van der Waals surface area (Å²) in [6, 6.07) is 15.7. The molecule has 186 valence electrons. The maximum absolute atomic E-state index is 13.0. The normalized spacial score (nSPS) is 14.8. The highest BCUT2D eigenvalue weighted by molar-refractivity contribution is 5.92. The summed E-state index contributed by atoms with van der Waals surface area (Å²) in [5.74, 6) is 1.06. The highest BCUT2D eigenvalue weighted by atomic mass is 19.4. The fraction of sp³-hybridized carbons (Fsp3) is 0.269. The molecule has 0 unspecified atom stereocenters. The van der Waals surface area contributed by atoms with Crippen molar-refractivity contribution in [1.82, 2.24) is 19.9 Å². The maximum atomic E-state index is 13.0. The SMILES string of the molecule is Cc1ccccc1-c1noc(CN2CCN(C(=O)c3ccc(-c4cccc(C(F)(F)F)c4)o3)CC2)n1. The molecule has 36 heavy (non-hydrogen) atoms. The Morgan fingerprint density at radius 1 is 1.00 bits per heavy atom. The number of hydrogen-bond acceptors (Lipinski definition) is 6. The van der Waals surface area contributed by atoms with Crippen LogP contribution in [0.5, 0.6) is 0 Å². The van der Waals surface area contributed by atoms with Crippen LogP contribution in [0.15, 0.2) is 69.6 Å². The molecule has 3 heterocycles. The minimum absolute atomic E-state index is 0.0932. The van der Waals surface area contributed by atoms with E-state index in [1.807, 2.05) is 31.2 Å². The average molecular weight is 496 g/mol. The molecular formula is C26H23F3N4O3. The molecule has 0 radical (unpaired) electrons. The molecule has 4 aromatic rings. The number of aromatic nitrogens is 2. The van der Waals surface area contributed by atoms with Crippen molar-refractivity contribution in [3.8, 4) is 22.7 Å². The first-order valence-electron chi connectivity index (χ1n) is 11.5. The summed E-state index contributed by atoms with van der Waals surface area (Å²) in [6.45, 7) is 4.61. The van der Waals surface area contributed by atoms with Crippen molar-refractivity contribution in [2.45, 2.75) is 19.6 Å². The van der Waals surface area contributed by atoms with Crippen molar-refractivity contribution < 1.29 is 26.9 Å². The summed E-state index contributed by atoms with van der Waals surface area (Å²) < 4.78 is 50.1. The van der Waals surface area contributed by atoms with Gasteiger partial charge in [-0.3, -0.25) is 9.69 Å². The first kappa shape index (κ1) is 23.8. The lowest BCUT2D eigenvalue weighted by molar-refractivity contribution is -0.137. The lowest BCUT2D eigenvalue weighted by Gasteiger charge is -2.33. The number of piperazine rings is 1. The summed E-state index contributed by atoms with van der Waals surface area (Å²) in [6.07, 6.45) is -4.45. The zero-order valence-corrected chi connectivity index (χ0v) is 19.5. The van der Waals surface area contributed by atoms with Crippen LogP contribution < -0.4 is 0 Å². The van der Waals surface area contributed by atoms with Crippen LogP contribution in [0.2, 0.25) is 0 Å². The topological polar surface area (TPSA) is 75.6 Å². The van der Waals surface area contributed by atoms with Gasteiger partial charge in [-0.2, -0.15) is 18.2 Å². The predicted molar refractivity (Wildman–Crippen MR) is 125 cm³/mol. The minimum atomic E-state index is -4.45. The van der Waals surface area contributed by atoms with E-state index in [9.17, 15) is 18.0 Å².